The second-order valence-electron chi connectivity index (χ2n) is 4.75. The van der Waals surface area contributed by atoms with Crippen LogP contribution in [0.4, 0.5) is 0 Å². The zero-order valence-corrected chi connectivity index (χ0v) is 11.3. The SMILES string of the molecule is Cc1c(O)cccc1C(=O)N1CCCCC1CCl. The lowest BCUT2D eigenvalue weighted by atomic mass is 10.0. The first-order valence-electron chi connectivity index (χ1n) is 6.30. The summed E-state index contributed by atoms with van der Waals surface area (Å²) >= 11 is 5.93. The third-order valence-corrected chi connectivity index (χ3v) is 3.96. The highest BCUT2D eigenvalue weighted by molar-refractivity contribution is 6.18. The van der Waals surface area contributed by atoms with Crippen LogP contribution >= 0.6 is 11.6 Å². The van der Waals surface area contributed by atoms with Gasteiger partial charge in [-0.1, -0.05) is 6.07 Å². The summed E-state index contributed by atoms with van der Waals surface area (Å²) < 4.78 is 0. The summed E-state index contributed by atoms with van der Waals surface area (Å²) in [4.78, 5) is 14.3. The number of carbonyl (C=O) groups is 1. The van der Waals surface area contributed by atoms with Gasteiger partial charge in [0.2, 0.25) is 0 Å². The van der Waals surface area contributed by atoms with E-state index in [0.29, 0.717) is 17.0 Å². The largest absolute Gasteiger partial charge is 0.508 e. The number of aromatic hydroxyl groups is 1. The van der Waals surface area contributed by atoms with Crippen LogP contribution < -0.4 is 0 Å². The molecule has 1 aromatic rings. The van der Waals surface area contributed by atoms with Crippen LogP contribution in [0.15, 0.2) is 18.2 Å². The summed E-state index contributed by atoms with van der Waals surface area (Å²) in [5.74, 6) is 0.623. The van der Waals surface area contributed by atoms with E-state index in [9.17, 15) is 9.90 Å². The number of likely N-dealkylation sites (tertiary alicyclic amines) is 1. The van der Waals surface area contributed by atoms with Crippen molar-refractivity contribution >= 4 is 17.5 Å². The second-order valence-corrected chi connectivity index (χ2v) is 5.06. The van der Waals surface area contributed by atoms with Gasteiger partial charge in [-0.2, -0.15) is 0 Å². The molecule has 98 valence electrons. The van der Waals surface area contributed by atoms with E-state index in [1.165, 1.54) is 0 Å². The molecule has 3 nitrogen and oxygen atoms in total. The maximum absolute atomic E-state index is 12.5. The van der Waals surface area contributed by atoms with Crippen LogP contribution in [0.25, 0.3) is 0 Å². The molecule has 1 saturated heterocycles. The minimum atomic E-state index is -0.0197. The van der Waals surface area contributed by atoms with Gasteiger partial charge in [-0.25, -0.2) is 0 Å². The van der Waals surface area contributed by atoms with Crippen LogP contribution in [0, 0.1) is 6.92 Å². The van der Waals surface area contributed by atoms with Gasteiger partial charge in [0.15, 0.2) is 0 Å². The minimum Gasteiger partial charge on any atom is -0.508 e. The molecule has 2 rings (SSSR count). The molecular weight excluding hydrogens is 250 g/mol. The van der Waals surface area contributed by atoms with Crippen LogP contribution in [0.3, 0.4) is 0 Å². The molecule has 0 spiro atoms. The van der Waals surface area contributed by atoms with Crippen LogP contribution in [0.1, 0.15) is 35.2 Å². The zero-order valence-electron chi connectivity index (χ0n) is 10.5. The number of carbonyl (C=O) groups excluding carboxylic acids is 1. The molecule has 1 N–H and O–H groups in total. The molecule has 1 unspecified atom stereocenters. The van der Waals surface area contributed by atoms with Crippen molar-refractivity contribution in [1.29, 1.82) is 0 Å². The average molecular weight is 268 g/mol. The number of amides is 1. The number of phenols is 1. The van der Waals surface area contributed by atoms with Crippen molar-refractivity contribution in [2.24, 2.45) is 0 Å². The summed E-state index contributed by atoms with van der Waals surface area (Å²) in [6.07, 6.45) is 3.12. The fourth-order valence-electron chi connectivity index (χ4n) is 2.44. The first-order chi connectivity index (χ1) is 8.65. The molecule has 1 fully saturated rings. The van der Waals surface area contributed by atoms with Gasteiger partial charge in [0.05, 0.1) is 0 Å². The van der Waals surface area contributed by atoms with E-state index in [4.69, 9.17) is 11.6 Å². The molecule has 1 heterocycles. The van der Waals surface area contributed by atoms with E-state index in [1.54, 1.807) is 25.1 Å². The lowest BCUT2D eigenvalue weighted by Gasteiger charge is -2.35. The van der Waals surface area contributed by atoms with E-state index in [-0.39, 0.29) is 17.7 Å². The van der Waals surface area contributed by atoms with Crippen LogP contribution in [-0.4, -0.2) is 34.4 Å². The van der Waals surface area contributed by atoms with E-state index in [0.717, 1.165) is 25.8 Å². The van der Waals surface area contributed by atoms with Gasteiger partial charge in [-0.05, 0) is 38.3 Å². The first-order valence-corrected chi connectivity index (χ1v) is 6.84. The molecule has 1 aliphatic rings. The number of nitrogens with zero attached hydrogens (tertiary/aromatic N) is 1. The fraction of sp³-hybridized carbons (Fsp3) is 0.500. The summed E-state index contributed by atoms with van der Waals surface area (Å²) in [6.45, 7) is 2.52. The van der Waals surface area contributed by atoms with Crippen LogP contribution in [-0.2, 0) is 0 Å². The Labute approximate surface area is 112 Å². The normalized spacial score (nSPS) is 19.9. The lowest BCUT2D eigenvalue weighted by Crippen LogP contribution is -2.44. The lowest BCUT2D eigenvalue weighted by molar-refractivity contribution is 0.0638. The molecule has 1 amide bonds. The molecule has 1 aromatic carbocycles. The topological polar surface area (TPSA) is 40.5 Å². The Morgan fingerprint density at radius 1 is 1.50 bits per heavy atom. The van der Waals surface area contributed by atoms with Crippen LogP contribution in [0.2, 0.25) is 0 Å². The maximum atomic E-state index is 12.5. The summed E-state index contributed by atoms with van der Waals surface area (Å²) in [7, 11) is 0. The quantitative estimate of drug-likeness (QED) is 0.837. The predicted molar refractivity (Wildman–Crippen MR) is 72.2 cm³/mol. The molecular formula is C14H18ClNO2. The van der Waals surface area contributed by atoms with Crippen molar-refractivity contribution in [3.05, 3.63) is 29.3 Å². The standard InChI is InChI=1S/C14H18ClNO2/c1-10-12(6-4-7-13(10)17)14(18)16-8-3-2-5-11(16)9-15/h4,6-7,11,17H,2-3,5,8-9H2,1H3. The number of rotatable bonds is 2. The van der Waals surface area contributed by atoms with Crippen molar-refractivity contribution in [3.8, 4) is 5.75 Å². The van der Waals surface area contributed by atoms with E-state index in [2.05, 4.69) is 0 Å². The molecule has 0 radical (unpaired) electrons. The Morgan fingerprint density at radius 3 is 3.00 bits per heavy atom. The highest BCUT2D eigenvalue weighted by Crippen LogP contribution is 2.25. The molecule has 0 aliphatic carbocycles. The number of halogens is 1. The highest BCUT2D eigenvalue weighted by atomic mass is 35.5. The third-order valence-electron chi connectivity index (χ3n) is 3.60. The Bertz CT molecular complexity index is 447. The van der Waals surface area contributed by atoms with Gasteiger partial charge in [-0.3, -0.25) is 4.79 Å². The van der Waals surface area contributed by atoms with E-state index >= 15 is 0 Å². The smallest absolute Gasteiger partial charge is 0.254 e. The predicted octanol–water partition coefficient (Wildman–Crippen LogP) is 2.93. The first kappa shape index (κ1) is 13.2. The molecule has 0 aromatic heterocycles. The van der Waals surface area contributed by atoms with E-state index < -0.39 is 0 Å². The second kappa shape index (κ2) is 5.61. The molecule has 0 saturated carbocycles. The van der Waals surface area contributed by atoms with E-state index in [1.807, 2.05) is 4.90 Å². The van der Waals surface area contributed by atoms with Gasteiger partial charge < -0.3 is 10.0 Å². The minimum absolute atomic E-state index is 0.0197. The van der Waals surface area contributed by atoms with Crippen LogP contribution in [0.5, 0.6) is 5.75 Å². The molecule has 1 atom stereocenters. The van der Waals surface area contributed by atoms with Gasteiger partial charge in [0, 0.05) is 29.6 Å². The zero-order chi connectivity index (χ0) is 13.1. The Kier molecular flexibility index (Phi) is 4.12. The Morgan fingerprint density at radius 2 is 2.28 bits per heavy atom. The van der Waals surface area contributed by atoms with Gasteiger partial charge in [-0.15, -0.1) is 11.6 Å². The number of hydrogen-bond donors (Lipinski definition) is 1. The van der Waals surface area contributed by atoms with Crippen molar-refractivity contribution < 1.29 is 9.90 Å². The molecule has 0 bridgehead atoms. The molecule has 1 aliphatic heterocycles. The Balaban J connectivity index is 2.27. The van der Waals surface area contributed by atoms with Crippen molar-refractivity contribution in [2.75, 3.05) is 12.4 Å². The number of piperidine rings is 1. The summed E-state index contributed by atoms with van der Waals surface area (Å²) in [5.41, 5.74) is 1.22. The van der Waals surface area contributed by atoms with Gasteiger partial charge >= 0.3 is 0 Å². The maximum Gasteiger partial charge on any atom is 0.254 e. The number of alkyl halides is 1. The number of hydrogen-bond acceptors (Lipinski definition) is 2. The monoisotopic (exact) mass is 267 g/mol. The molecule has 18 heavy (non-hydrogen) atoms. The number of benzene rings is 1. The third kappa shape index (κ3) is 2.46. The number of phenolic OH excluding ortho intramolecular Hbond substituents is 1. The van der Waals surface area contributed by atoms with Gasteiger partial charge in [0.1, 0.15) is 5.75 Å². The fourth-order valence-corrected chi connectivity index (χ4v) is 2.76. The summed E-state index contributed by atoms with van der Waals surface area (Å²) in [6, 6.07) is 5.18. The van der Waals surface area contributed by atoms with Gasteiger partial charge in [0.25, 0.3) is 5.91 Å². The average Bonchev–Trinajstić information content (AvgIpc) is 2.41. The van der Waals surface area contributed by atoms with Crippen molar-refractivity contribution in [1.82, 2.24) is 4.90 Å². The van der Waals surface area contributed by atoms with Crippen molar-refractivity contribution in [3.63, 3.8) is 0 Å². The molecule has 4 heteroatoms. The highest BCUT2D eigenvalue weighted by Gasteiger charge is 2.27. The van der Waals surface area contributed by atoms with Crippen molar-refractivity contribution in [2.45, 2.75) is 32.2 Å². The summed E-state index contributed by atoms with van der Waals surface area (Å²) in [5, 5.41) is 9.67. The Hall–Kier alpha value is -1.22.